The summed E-state index contributed by atoms with van der Waals surface area (Å²) in [5, 5.41) is 0. The van der Waals surface area contributed by atoms with Gasteiger partial charge in [-0.05, 0) is 30.2 Å². The van der Waals surface area contributed by atoms with Crippen molar-refractivity contribution in [3.05, 3.63) is 71.0 Å². The van der Waals surface area contributed by atoms with Gasteiger partial charge in [0.1, 0.15) is 17.4 Å². The van der Waals surface area contributed by atoms with E-state index in [4.69, 9.17) is 4.84 Å². The van der Waals surface area contributed by atoms with Crippen molar-refractivity contribution in [2.75, 3.05) is 13.7 Å². The van der Waals surface area contributed by atoms with E-state index < -0.39 is 0 Å². The molecule has 0 spiro atoms. The van der Waals surface area contributed by atoms with Crippen molar-refractivity contribution in [3.8, 4) is 0 Å². The number of carbonyl (C=O) groups is 1. The van der Waals surface area contributed by atoms with Gasteiger partial charge in [0.25, 0.3) is 0 Å². The quantitative estimate of drug-likeness (QED) is 0.807. The fourth-order valence-corrected chi connectivity index (χ4v) is 3.38. The Balaban J connectivity index is 1.73. The van der Waals surface area contributed by atoms with Gasteiger partial charge in [-0.15, -0.1) is 0 Å². The Morgan fingerprint density at radius 3 is 2.54 bits per heavy atom. The summed E-state index contributed by atoms with van der Waals surface area (Å²) in [6, 6.07) is 14.4. The summed E-state index contributed by atoms with van der Waals surface area (Å²) in [5.41, 5.74) is 6.02. The number of rotatable bonds is 6. The molecule has 0 unspecified atom stereocenters. The molecule has 1 aliphatic heterocycles. The van der Waals surface area contributed by atoms with Crippen molar-refractivity contribution in [1.82, 2.24) is 5.48 Å². The largest absolute Gasteiger partial charge is 0.299 e. The number of benzene rings is 2. The molecule has 136 valence electrons. The zero-order chi connectivity index (χ0) is 18.5. The highest BCUT2D eigenvalue weighted by Gasteiger charge is 2.34. The van der Waals surface area contributed by atoms with Crippen molar-refractivity contribution in [3.63, 3.8) is 0 Å². The molecule has 2 aromatic carbocycles. The first-order chi connectivity index (χ1) is 12.6. The molecule has 1 heterocycles. The maximum atomic E-state index is 13.0. The summed E-state index contributed by atoms with van der Waals surface area (Å²) in [6.07, 6.45) is 0.656. The van der Waals surface area contributed by atoms with Crippen LogP contribution in [0.3, 0.4) is 0 Å². The highest BCUT2D eigenvalue weighted by molar-refractivity contribution is 5.92. The average Bonchev–Trinajstić information content (AvgIpc) is 3.00. The van der Waals surface area contributed by atoms with E-state index in [-0.39, 0.29) is 29.9 Å². The molecular formula is C21H23FN2O2. The van der Waals surface area contributed by atoms with Crippen LogP contribution in [0.15, 0.2) is 53.5 Å². The topological polar surface area (TPSA) is 50.7 Å². The van der Waals surface area contributed by atoms with E-state index in [1.165, 1.54) is 23.3 Å². The van der Waals surface area contributed by atoms with E-state index in [9.17, 15) is 9.18 Å². The fraction of sp³-hybridized carbons (Fsp3) is 0.333. The Hall–Kier alpha value is -2.53. The standard InChI is InChI=1S/C21H23FN2O2/c1-14-3-7-16(8-4-14)20-13-23-21(24-26-2)19(20)12-18(25)11-15-5-9-17(22)10-6-15/h3-10,19-20H,11-13H2,1-2H3,(H,23,24)/t19-,20-/m0/s1. The monoisotopic (exact) mass is 354 g/mol. The van der Waals surface area contributed by atoms with Crippen LogP contribution in [0.2, 0.25) is 0 Å². The first kappa shape index (κ1) is 18.3. The van der Waals surface area contributed by atoms with E-state index in [0.717, 1.165) is 5.56 Å². The van der Waals surface area contributed by atoms with Crippen LogP contribution < -0.4 is 5.48 Å². The number of amidine groups is 1. The summed E-state index contributed by atoms with van der Waals surface area (Å²) >= 11 is 0. The van der Waals surface area contributed by atoms with Gasteiger partial charge in [-0.25, -0.2) is 4.39 Å². The molecule has 0 fully saturated rings. The third-order valence-electron chi connectivity index (χ3n) is 4.77. The van der Waals surface area contributed by atoms with E-state index in [1.807, 2.05) is 0 Å². The Labute approximate surface area is 153 Å². The molecule has 1 N–H and O–H groups in total. The minimum absolute atomic E-state index is 0.0504. The van der Waals surface area contributed by atoms with Gasteiger partial charge in [-0.1, -0.05) is 42.0 Å². The molecule has 0 saturated heterocycles. The summed E-state index contributed by atoms with van der Waals surface area (Å²) < 4.78 is 13.0. The second-order valence-electron chi connectivity index (χ2n) is 6.70. The highest BCUT2D eigenvalue weighted by atomic mass is 19.1. The van der Waals surface area contributed by atoms with Crippen molar-refractivity contribution in [2.24, 2.45) is 10.9 Å². The molecular weight excluding hydrogens is 331 g/mol. The van der Waals surface area contributed by atoms with Crippen molar-refractivity contribution >= 4 is 11.6 Å². The zero-order valence-corrected chi connectivity index (χ0v) is 15.0. The Morgan fingerprint density at radius 1 is 1.19 bits per heavy atom. The minimum Gasteiger partial charge on any atom is -0.299 e. The zero-order valence-electron chi connectivity index (χ0n) is 15.0. The van der Waals surface area contributed by atoms with E-state index in [0.29, 0.717) is 18.8 Å². The van der Waals surface area contributed by atoms with Gasteiger partial charge in [0.2, 0.25) is 0 Å². The number of hydroxylamine groups is 1. The van der Waals surface area contributed by atoms with E-state index >= 15 is 0 Å². The van der Waals surface area contributed by atoms with Gasteiger partial charge in [0.15, 0.2) is 0 Å². The van der Waals surface area contributed by atoms with Crippen LogP contribution in [0.5, 0.6) is 0 Å². The predicted molar refractivity (Wildman–Crippen MR) is 99.6 cm³/mol. The lowest BCUT2D eigenvalue weighted by Crippen LogP contribution is -2.32. The van der Waals surface area contributed by atoms with Crippen molar-refractivity contribution < 1.29 is 14.0 Å². The molecule has 26 heavy (non-hydrogen) atoms. The highest BCUT2D eigenvalue weighted by Crippen LogP contribution is 2.33. The lowest BCUT2D eigenvalue weighted by molar-refractivity contribution is -0.119. The number of ketones is 1. The summed E-state index contributed by atoms with van der Waals surface area (Å²) in [5.74, 6) is 0.614. The number of nitrogens with one attached hydrogen (secondary N) is 1. The molecule has 0 bridgehead atoms. The van der Waals surface area contributed by atoms with Gasteiger partial charge in [0.05, 0.1) is 7.11 Å². The SMILES string of the molecule is CONC1=NC[C@@H](c2ccc(C)cc2)[C@@H]1CC(=O)Cc1ccc(F)cc1. The van der Waals surface area contributed by atoms with Gasteiger partial charge >= 0.3 is 0 Å². The molecule has 3 rings (SSSR count). The fourth-order valence-electron chi connectivity index (χ4n) is 3.38. The Morgan fingerprint density at radius 2 is 1.88 bits per heavy atom. The number of hydrogen-bond donors (Lipinski definition) is 1. The Kier molecular flexibility index (Phi) is 5.78. The third-order valence-corrected chi connectivity index (χ3v) is 4.77. The summed E-state index contributed by atoms with van der Waals surface area (Å²) in [7, 11) is 1.54. The molecule has 4 nitrogen and oxygen atoms in total. The number of nitrogens with zero attached hydrogens (tertiary/aromatic N) is 1. The van der Waals surface area contributed by atoms with Gasteiger partial charge in [-0.3, -0.25) is 20.1 Å². The van der Waals surface area contributed by atoms with Crippen LogP contribution >= 0.6 is 0 Å². The van der Waals surface area contributed by atoms with Crippen LogP contribution in [-0.2, 0) is 16.1 Å². The van der Waals surface area contributed by atoms with Crippen LogP contribution in [0.25, 0.3) is 0 Å². The van der Waals surface area contributed by atoms with Crippen molar-refractivity contribution in [1.29, 1.82) is 0 Å². The number of aryl methyl sites for hydroxylation is 1. The van der Waals surface area contributed by atoms with Gasteiger partial charge in [0, 0.05) is 31.2 Å². The summed E-state index contributed by atoms with van der Waals surface area (Å²) in [4.78, 5) is 22.2. The number of aliphatic imine (C=N–C) groups is 1. The number of halogens is 1. The van der Waals surface area contributed by atoms with Crippen LogP contribution in [-0.4, -0.2) is 25.3 Å². The molecule has 5 heteroatoms. The first-order valence-electron chi connectivity index (χ1n) is 8.73. The molecule has 0 saturated carbocycles. The number of carbonyl (C=O) groups excluding carboxylic acids is 1. The minimum atomic E-state index is -0.296. The van der Waals surface area contributed by atoms with Crippen LogP contribution in [0, 0.1) is 18.7 Å². The molecule has 0 aromatic heterocycles. The lowest BCUT2D eigenvalue weighted by Gasteiger charge is -2.21. The smallest absolute Gasteiger partial charge is 0.138 e. The number of Topliss-reactive ketones (excluding diaryl/α,β-unsaturated/α-hetero) is 1. The molecule has 1 aliphatic rings. The molecule has 0 radical (unpaired) electrons. The maximum Gasteiger partial charge on any atom is 0.138 e. The van der Waals surface area contributed by atoms with Crippen LogP contribution in [0.1, 0.15) is 29.0 Å². The second kappa shape index (κ2) is 8.23. The van der Waals surface area contributed by atoms with Crippen molar-refractivity contribution in [2.45, 2.75) is 25.7 Å². The second-order valence-corrected chi connectivity index (χ2v) is 6.70. The molecule has 2 aromatic rings. The van der Waals surface area contributed by atoms with Crippen LogP contribution in [0.4, 0.5) is 4.39 Å². The van der Waals surface area contributed by atoms with Gasteiger partial charge in [-0.2, -0.15) is 0 Å². The average molecular weight is 354 g/mol. The maximum absolute atomic E-state index is 13.0. The summed E-state index contributed by atoms with van der Waals surface area (Å²) in [6.45, 7) is 2.68. The molecule has 0 aliphatic carbocycles. The molecule has 0 amide bonds. The number of hydrogen-bond acceptors (Lipinski definition) is 4. The van der Waals surface area contributed by atoms with E-state index in [2.05, 4.69) is 41.7 Å². The van der Waals surface area contributed by atoms with Gasteiger partial charge < -0.3 is 0 Å². The molecule has 2 atom stereocenters. The van der Waals surface area contributed by atoms with E-state index in [1.54, 1.807) is 19.2 Å². The lowest BCUT2D eigenvalue weighted by atomic mass is 9.83. The predicted octanol–water partition coefficient (Wildman–Crippen LogP) is 3.60. The normalized spacial score (nSPS) is 19.3. The third kappa shape index (κ3) is 4.35. The Bertz CT molecular complexity index is 785. The first-order valence-corrected chi connectivity index (χ1v) is 8.73.